The summed E-state index contributed by atoms with van der Waals surface area (Å²) in [6.07, 6.45) is 1.78. The van der Waals surface area contributed by atoms with E-state index >= 15 is 0 Å². The second-order valence-corrected chi connectivity index (χ2v) is 5.04. The van der Waals surface area contributed by atoms with Gasteiger partial charge in [-0.2, -0.15) is 0 Å². The fraction of sp³-hybridized carbons (Fsp3) is 0.400. The molecule has 0 amide bonds. The molecule has 1 aromatic carbocycles. The van der Waals surface area contributed by atoms with Gasteiger partial charge in [-0.25, -0.2) is 4.98 Å². The van der Waals surface area contributed by atoms with Crippen LogP contribution >= 0.6 is 24.8 Å². The van der Waals surface area contributed by atoms with E-state index in [1.807, 2.05) is 0 Å². The van der Waals surface area contributed by atoms with Crippen LogP contribution in [0.5, 0.6) is 0 Å². The van der Waals surface area contributed by atoms with Crippen LogP contribution < -0.4 is 5.32 Å². The van der Waals surface area contributed by atoms with Crippen molar-refractivity contribution in [3.8, 4) is 11.5 Å². The van der Waals surface area contributed by atoms with Gasteiger partial charge in [-0.1, -0.05) is 17.7 Å². The fourth-order valence-corrected chi connectivity index (χ4v) is 2.31. The molecule has 1 aromatic heterocycles. The molecule has 1 aliphatic heterocycles. The van der Waals surface area contributed by atoms with Gasteiger partial charge in [-0.05, 0) is 19.1 Å². The number of oxazole rings is 1. The topological polar surface area (TPSA) is 41.3 Å². The number of aryl methyl sites for hydroxylation is 1. The summed E-state index contributed by atoms with van der Waals surface area (Å²) in [5.74, 6) is 0.713. The van der Waals surface area contributed by atoms with E-state index in [9.17, 15) is 0 Å². The quantitative estimate of drug-likeness (QED) is 0.940. The molecule has 2 aromatic rings. The Morgan fingerprint density at radius 2 is 1.81 bits per heavy atom. The first-order valence-corrected chi connectivity index (χ1v) is 6.76. The Morgan fingerprint density at radius 3 is 2.48 bits per heavy atom. The molecule has 1 fully saturated rings. The lowest BCUT2D eigenvalue weighted by Gasteiger charge is -2.25. The number of halogens is 2. The van der Waals surface area contributed by atoms with Crippen LogP contribution in [0.3, 0.4) is 0 Å². The average Bonchev–Trinajstić information content (AvgIpc) is 2.89. The van der Waals surface area contributed by atoms with Crippen LogP contribution in [0.1, 0.15) is 11.3 Å². The summed E-state index contributed by atoms with van der Waals surface area (Å²) in [5.41, 5.74) is 3.30. The predicted molar refractivity (Wildman–Crippen MR) is 89.3 cm³/mol. The molecule has 0 atom stereocenters. The number of hydrogen-bond acceptors (Lipinski definition) is 4. The number of nitrogens with zero attached hydrogens (tertiary/aromatic N) is 2. The van der Waals surface area contributed by atoms with Crippen molar-refractivity contribution < 1.29 is 4.42 Å². The maximum atomic E-state index is 5.58. The van der Waals surface area contributed by atoms with Crippen LogP contribution in [0.25, 0.3) is 11.5 Å². The first-order valence-electron chi connectivity index (χ1n) is 6.76. The number of aromatic nitrogens is 1. The van der Waals surface area contributed by atoms with E-state index in [4.69, 9.17) is 4.42 Å². The summed E-state index contributed by atoms with van der Waals surface area (Å²) in [6.45, 7) is 7.22. The molecule has 1 N–H and O–H groups in total. The highest BCUT2D eigenvalue weighted by Gasteiger charge is 2.13. The smallest absolute Gasteiger partial charge is 0.226 e. The number of hydrogen-bond donors (Lipinski definition) is 1. The van der Waals surface area contributed by atoms with E-state index in [1.54, 1.807) is 6.26 Å². The molecular formula is C15H21Cl2N3O. The van der Waals surface area contributed by atoms with Gasteiger partial charge in [-0.3, -0.25) is 4.90 Å². The van der Waals surface area contributed by atoms with Crippen LogP contribution in [0, 0.1) is 6.92 Å². The van der Waals surface area contributed by atoms with Crippen LogP contribution in [-0.2, 0) is 6.54 Å². The zero-order valence-electron chi connectivity index (χ0n) is 12.0. The van der Waals surface area contributed by atoms with Gasteiger partial charge in [0.25, 0.3) is 0 Å². The molecule has 2 heterocycles. The van der Waals surface area contributed by atoms with Gasteiger partial charge < -0.3 is 9.73 Å². The third kappa shape index (κ3) is 4.71. The fourth-order valence-electron chi connectivity index (χ4n) is 2.31. The highest BCUT2D eigenvalue weighted by atomic mass is 35.5. The Hall–Kier alpha value is -1.07. The Bertz CT molecular complexity index is 536. The zero-order valence-corrected chi connectivity index (χ0v) is 13.7. The Kier molecular flexibility index (Phi) is 7.18. The number of nitrogens with one attached hydrogen (secondary N) is 1. The lowest BCUT2D eigenvalue weighted by atomic mass is 10.1. The summed E-state index contributed by atoms with van der Waals surface area (Å²) in [6, 6.07) is 8.26. The summed E-state index contributed by atoms with van der Waals surface area (Å²) >= 11 is 0. The van der Waals surface area contributed by atoms with Gasteiger partial charge in [-0.15, -0.1) is 24.8 Å². The molecule has 116 valence electrons. The highest BCUT2D eigenvalue weighted by molar-refractivity contribution is 5.85. The third-order valence-corrected chi connectivity index (χ3v) is 3.45. The standard InChI is InChI=1S/C15H19N3O.2ClH/c1-12-2-4-13(5-3-12)15-17-14(11-19-15)10-18-8-6-16-7-9-18;;/h2-5,11,16H,6-10H2,1H3;2*1H. The van der Waals surface area contributed by atoms with Crippen molar-refractivity contribution >= 4 is 24.8 Å². The van der Waals surface area contributed by atoms with Gasteiger partial charge in [0.2, 0.25) is 5.89 Å². The van der Waals surface area contributed by atoms with Crippen molar-refractivity contribution in [2.75, 3.05) is 26.2 Å². The van der Waals surface area contributed by atoms with Crippen molar-refractivity contribution in [3.63, 3.8) is 0 Å². The van der Waals surface area contributed by atoms with Gasteiger partial charge >= 0.3 is 0 Å². The molecule has 0 saturated carbocycles. The van der Waals surface area contributed by atoms with Crippen molar-refractivity contribution in [2.24, 2.45) is 0 Å². The molecule has 0 spiro atoms. The molecule has 0 aliphatic carbocycles. The summed E-state index contributed by atoms with van der Waals surface area (Å²) in [7, 11) is 0. The second kappa shape index (κ2) is 8.39. The van der Waals surface area contributed by atoms with E-state index in [1.165, 1.54) is 5.56 Å². The Morgan fingerprint density at radius 1 is 1.14 bits per heavy atom. The van der Waals surface area contributed by atoms with E-state index in [0.29, 0.717) is 5.89 Å². The lowest BCUT2D eigenvalue weighted by Crippen LogP contribution is -2.42. The molecule has 21 heavy (non-hydrogen) atoms. The van der Waals surface area contributed by atoms with Crippen LogP contribution in [-0.4, -0.2) is 36.1 Å². The number of piperazine rings is 1. The molecule has 0 bridgehead atoms. The molecule has 3 rings (SSSR count). The largest absolute Gasteiger partial charge is 0.444 e. The highest BCUT2D eigenvalue weighted by Crippen LogP contribution is 2.19. The van der Waals surface area contributed by atoms with Crippen LogP contribution in [0.15, 0.2) is 34.9 Å². The average molecular weight is 330 g/mol. The minimum absolute atomic E-state index is 0. The molecule has 6 heteroatoms. The summed E-state index contributed by atoms with van der Waals surface area (Å²) < 4.78 is 5.58. The number of benzene rings is 1. The van der Waals surface area contributed by atoms with E-state index in [0.717, 1.165) is 44.0 Å². The molecular weight excluding hydrogens is 309 g/mol. The maximum Gasteiger partial charge on any atom is 0.226 e. The lowest BCUT2D eigenvalue weighted by molar-refractivity contribution is 0.230. The van der Waals surface area contributed by atoms with Crippen molar-refractivity contribution in [2.45, 2.75) is 13.5 Å². The molecule has 0 radical (unpaired) electrons. The Balaban J connectivity index is 0.00000110. The SMILES string of the molecule is Cc1ccc(-c2nc(CN3CCNCC3)co2)cc1.Cl.Cl. The summed E-state index contributed by atoms with van der Waals surface area (Å²) in [4.78, 5) is 6.97. The molecule has 1 aliphatic rings. The Labute approximate surface area is 137 Å². The van der Waals surface area contributed by atoms with E-state index < -0.39 is 0 Å². The first-order chi connectivity index (χ1) is 9.31. The maximum absolute atomic E-state index is 5.58. The van der Waals surface area contributed by atoms with Crippen LogP contribution in [0.4, 0.5) is 0 Å². The van der Waals surface area contributed by atoms with Gasteiger partial charge in [0, 0.05) is 38.3 Å². The second-order valence-electron chi connectivity index (χ2n) is 5.04. The third-order valence-electron chi connectivity index (χ3n) is 3.45. The molecule has 1 saturated heterocycles. The molecule has 4 nitrogen and oxygen atoms in total. The minimum atomic E-state index is 0. The summed E-state index contributed by atoms with van der Waals surface area (Å²) in [5, 5.41) is 3.35. The van der Waals surface area contributed by atoms with Gasteiger partial charge in [0.05, 0.1) is 5.69 Å². The van der Waals surface area contributed by atoms with Crippen molar-refractivity contribution in [3.05, 3.63) is 41.8 Å². The normalized spacial score (nSPS) is 15.1. The van der Waals surface area contributed by atoms with Crippen molar-refractivity contribution in [1.29, 1.82) is 0 Å². The minimum Gasteiger partial charge on any atom is -0.444 e. The van der Waals surface area contributed by atoms with Crippen LogP contribution in [0.2, 0.25) is 0 Å². The predicted octanol–water partition coefficient (Wildman–Crippen LogP) is 2.90. The first kappa shape index (κ1) is 18.0. The van der Waals surface area contributed by atoms with Gasteiger partial charge in [0.15, 0.2) is 0 Å². The van der Waals surface area contributed by atoms with Crippen molar-refractivity contribution in [1.82, 2.24) is 15.2 Å². The van der Waals surface area contributed by atoms with E-state index in [-0.39, 0.29) is 24.8 Å². The van der Waals surface area contributed by atoms with E-state index in [2.05, 4.69) is 46.4 Å². The zero-order chi connectivity index (χ0) is 13.1. The van der Waals surface area contributed by atoms with Gasteiger partial charge in [0.1, 0.15) is 6.26 Å². The molecule has 0 unspecified atom stereocenters. The number of rotatable bonds is 3. The monoisotopic (exact) mass is 329 g/mol.